The monoisotopic (exact) mass is 215 g/mol. The highest BCUT2D eigenvalue weighted by molar-refractivity contribution is 5.40. The zero-order valence-corrected chi connectivity index (χ0v) is 7.64. The SMILES string of the molecule is NCC#Cc1cc(F)cc(OC(F)F)c1. The smallest absolute Gasteiger partial charge is 0.387 e. The first-order chi connectivity index (χ1) is 7.11. The Bertz CT molecular complexity index is 395. The molecule has 2 nitrogen and oxygen atoms in total. The van der Waals surface area contributed by atoms with Gasteiger partial charge in [0, 0.05) is 11.6 Å². The van der Waals surface area contributed by atoms with Gasteiger partial charge < -0.3 is 10.5 Å². The van der Waals surface area contributed by atoms with Crippen molar-refractivity contribution in [1.82, 2.24) is 0 Å². The highest BCUT2D eigenvalue weighted by atomic mass is 19.3. The molecule has 1 aromatic carbocycles. The normalized spacial score (nSPS) is 9.67. The van der Waals surface area contributed by atoms with E-state index in [9.17, 15) is 13.2 Å². The first kappa shape index (κ1) is 11.4. The first-order valence-corrected chi connectivity index (χ1v) is 4.06. The Morgan fingerprint density at radius 1 is 1.33 bits per heavy atom. The molecule has 1 rings (SSSR count). The van der Waals surface area contributed by atoms with E-state index in [0.29, 0.717) is 0 Å². The van der Waals surface area contributed by atoms with Gasteiger partial charge in [-0.3, -0.25) is 0 Å². The summed E-state index contributed by atoms with van der Waals surface area (Å²) in [7, 11) is 0. The number of rotatable bonds is 2. The largest absolute Gasteiger partial charge is 0.435 e. The fraction of sp³-hybridized carbons (Fsp3) is 0.200. The van der Waals surface area contributed by atoms with Crippen molar-refractivity contribution < 1.29 is 17.9 Å². The highest BCUT2D eigenvalue weighted by Crippen LogP contribution is 2.17. The number of hydrogen-bond donors (Lipinski definition) is 1. The highest BCUT2D eigenvalue weighted by Gasteiger charge is 2.06. The van der Waals surface area contributed by atoms with Gasteiger partial charge in [0.1, 0.15) is 11.6 Å². The molecule has 1 aromatic rings. The maximum absolute atomic E-state index is 12.9. The molecule has 0 fully saturated rings. The quantitative estimate of drug-likeness (QED) is 0.762. The molecule has 0 heterocycles. The average Bonchev–Trinajstić information content (AvgIpc) is 2.12. The van der Waals surface area contributed by atoms with Gasteiger partial charge in [-0.15, -0.1) is 0 Å². The Kier molecular flexibility index (Phi) is 4.01. The molecular formula is C10H8F3NO. The molecule has 0 atom stereocenters. The predicted octanol–water partition coefficient (Wildman–Crippen LogP) is 1.74. The van der Waals surface area contributed by atoms with E-state index in [1.165, 1.54) is 6.07 Å². The van der Waals surface area contributed by atoms with Crippen LogP contribution in [0.5, 0.6) is 5.75 Å². The second-order valence-electron chi connectivity index (χ2n) is 2.56. The van der Waals surface area contributed by atoms with Crippen LogP contribution >= 0.6 is 0 Å². The summed E-state index contributed by atoms with van der Waals surface area (Å²) in [6, 6.07) is 3.19. The third kappa shape index (κ3) is 3.92. The molecule has 15 heavy (non-hydrogen) atoms. The lowest BCUT2D eigenvalue weighted by Crippen LogP contribution is -2.02. The number of ether oxygens (including phenoxy) is 1. The zero-order valence-electron chi connectivity index (χ0n) is 7.64. The van der Waals surface area contributed by atoms with Gasteiger partial charge in [-0.05, 0) is 12.1 Å². The van der Waals surface area contributed by atoms with Crippen LogP contribution in [0.25, 0.3) is 0 Å². The minimum absolute atomic E-state index is 0.113. The first-order valence-electron chi connectivity index (χ1n) is 4.06. The summed E-state index contributed by atoms with van der Waals surface area (Å²) in [5, 5.41) is 0. The van der Waals surface area contributed by atoms with Crippen LogP contribution in [0.1, 0.15) is 5.56 Å². The number of halogens is 3. The molecule has 0 aliphatic rings. The lowest BCUT2D eigenvalue weighted by Gasteiger charge is -2.04. The Balaban J connectivity index is 2.94. The van der Waals surface area contributed by atoms with E-state index in [1.54, 1.807) is 0 Å². The van der Waals surface area contributed by atoms with Crippen LogP contribution in [0, 0.1) is 17.7 Å². The molecule has 0 saturated heterocycles. The van der Waals surface area contributed by atoms with Crippen molar-refractivity contribution in [3.8, 4) is 17.6 Å². The number of alkyl halides is 2. The fourth-order valence-corrected chi connectivity index (χ4v) is 0.959. The summed E-state index contributed by atoms with van der Waals surface area (Å²) in [4.78, 5) is 0. The second-order valence-corrected chi connectivity index (χ2v) is 2.56. The maximum atomic E-state index is 12.9. The second kappa shape index (κ2) is 5.27. The van der Waals surface area contributed by atoms with E-state index in [-0.39, 0.29) is 17.9 Å². The van der Waals surface area contributed by atoms with Gasteiger partial charge in [0.05, 0.1) is 6.54 Å². The maximum Gasteiger partial charge on any atom is 0.387 e. The third-order valence-electron chi connectivity index (χ3n) is 1.43. The average molecular weight is 215 g/mol. The van der Waals surface area contributed by atoms with Gasteiger partial charge >= 0.3 is 6.61 Å². The van der Waals surface area contributed by atoms with Crippen LogP contribution in [0.3, 0.4) is 0 Å². The van der Waals surface area contributed by atoms with Gasteiger partial charge in [0.2, 0.25) is 0 Å². The van der Waals surface area contributed by atoms with Crippen LogP contribution < -0.4 is 10.5 Å². The Morgan fingerprint density at radius 2 is 2.07 bits per heavy atom. The fourth-order valence-electron chi connectivity index (χ4n) is 0.959. The van der Waals surface area contributed by atoms with Crippen LogP contribution in [0.15, 0.2) is 18.2 Å². The van der Waals surface area contributed by atoms with Crippen molar-refractivity contribution in [1.29, 1.82) is 0 Å². The molecule has 0 aromatic heterocycles. The van der Waals surface area contributed by atoms with Gasteiger partial charge in [-0.25, -0.2) is 4.39 Å². The van der Waals surface area contributed by atoms with Crippen molar-refractivity contribution >= 4 is 0 Å². The van der Waals surface area contributed by atoms with Gasteiger partial charge in [0.25, 0.3) is 0 Å². The molecular weight excluding hydrogens is 207 g/mol. The molecule has 0 radical (unpaired) electrons. The molecule has 0 aliphatic carbocycles. The Labute approximate surface area is 84.8 Å². The molecule has 80 valence electrons. The third-order valence-corrected chi connectivity index (χ3v) is 1.43. The summed E-state index contributed by atoms with van der Waals surface area (Å²) < 4.78 is 40.6. The molecule has 0 aliphatic heterocycles. The summed E-state index contributed by atoms with van der Waals surface area (Å²) in [5.41, 5.74) is 5.36. The topological polar surface area (TPSA) is 35.2 Å². The van der Waals surface area contributed by atoms with Gasteiger partial charge in [0.15, 0.2) is 0 Å². The van der Waals surface area contributed by atoms with Gasteiger partial charge in [-0.1, -0.05) is 11.8 Å². The molecule has 0 unspecified atom stereocenters. The van der Waals surface area contributed by atoms with Crippen molar-refractivity contribution in [2.45, 2.75) is 6.61 Å². The van der Waals surface area contributed by atoms with Crippen molar-refractivity contribution in [3.05, 3.63) is 29.6 Å². The number of nitrogens with two attached hydrogens (primary N) is 1. The van der Waals surface area contributed by atoms with Crippen LogP contribution in [0.2, 0.25) is 0 Å². The van der Waals surface area contributed by atoms with Crippen LogP contribution in [-0.4, -0.2) is 13.2 Å². The standard InChI is InChI=1S/C10H8F3NO/c11-8-4-7(2-1-3-14)5-9(6-8)15-10(12)13/h4-6,10H,3,14H2. The number of benzene rings is 1. The summed E-state index contributed by atoms with van der Waals surface area (Å²) in [6.45, 7) is -2.87. The lowest BCUT2D eigenvalue weighted by atomic mass is 10.2. The molecule has 0 bridgehead atoms. The summed E-state index contributed by atoms with van der Waals surface area (Å²) >= 11 is 0. The molecule has 0 amide bonds. The van der Waals surface area contributed by atoms with Crippen LogP contribution in [0.4, 0.5) is 13.2 Å². The molecule has 5 heteroatoms. The van der Waals surface area contributed by atoms with Crippen molar-refractivity contribution in [3.63, 3.8) is 0 Å². The van der Waals surface area contributed by atoms with E-state index in [0.717, 1.165) is 12.1 Å². The Hall–Kier alpha value is -1.67. The van der Waals surface area contributed by atoms with E-state index >= 15 is 0 Å². The minimum atomic E-state index is -2.98. The van der Waals surface area contributed by atoms with Crippen molar-refractivity contribution in [2.24, 2.45) is 5.73 Å². The summed E-state index contributed by atoms with van der Waals surface area (Å²) in [6.07, 6.45) is 0. The summed E-state index contributed by atoms with van der Waals surface area (Å²) in [5.74, 6) is 4.06. The predicted molar refractivity (Wildman–Crippen MR) is 49.0 cm³/mol. The lowest BCUT2D eigenvalue weighted by molar-refractivity contribution is -0.0500. The van der Waals surface area contributed by atoms with Gasteiger partial charge in [-0.2, -0.15) is 8.78 Å². The van der Waals surface area contributed by atoms with Crippen molar-refractivity contribution in [2.75, 3.05) is 6.54 Å². The zero-order chi connectivity index (χ0) is 11.3. The minimum Gasteiger partial charge on any atom is -0.435 e. The molecule has 0 spiro atoms. The molecule has 2 N–H and O–H groups in total. The van der Waals surface area contributed by atoms with E-state index < -0.39 is 12.4 Å². The van der Waals surface area contributed by atoms with E-state index in [1.807, 2.05) is 0 Å². The van der Waals surface area contributed by atoms with E-state index in [2.05, 4.69) is 16.6 Å². The van der Waals surface area contributed by atoms with Crippen LogP contribution in [-0.2, 0) is 0 Å². The number of hydrogen-bond acceptors (Lipinski definition) is 2. The van der Waals surface area contributed by atoms with E-state index in [4.69, 9.17) is 5.73 Å². The Morgan fingerprint density at radius 3 is 2.67 bits per heavy atom. The molecule has 0 saturated carbocycles.